The van der Waals surface area contributed by atoms with Crippen molar-refractivity contribution >= 4 is 23.2 Å². The van der Waals surface area contributed by atoms with E-state index >= 15 is 8.78 Å². The lowest BCUT2D eigenvalue weighted by Gasteiger charge is -2.44. The van der Waals surface area contributed by atoms with E-state index in [1.807, 2.05) is 60.7 Å². The number of aromatic nitrogens is 2. The molecular weight excluding hydrogens is 642 g/mol. The highest BCUT2D eigenvalue weighted by Crippen LogP contribution is 2.42. The number of benzene rings is 4. The van der Waals surface area contributed by atoms with E-state index in [0.29, 0.717) is 49.4 Å². The summed E-state index contributed by atoms with van der Waals surface area (Å²) >= 11 is 0. The van der Waals surface area contributed by atoms with Crippen LogP contribution in [0.3, 0.4) is 0 Å². The zero-order valence-corrected chi connectivity index (χ0v) is 27.3. The van der Waals surface area contributed by atoms with Gasteiger partial charge < -0.3 is 35.7 Å². The van der Waals surface area contributed by atoms with Gasteiger partial charge in [0.2, 0.25) is 11.8 Å². The number of imidazole rings is 1. The Labute approximate surface area is 288 Å². The third kappa shape index (κ3) is 7.86. The molecule has 4 aromatic carbocycles. The van der Waals surface area contributed by atoms with E-state index in [-0.39, 0.29) is 42.6 Å². The van der Waals surface area contributed by atoms with E-state index < -0.39 is 29.2 Å². The van der Waals surface area contributed by atoms with Crippen molar-refractivity contribution in [3.05, 3.63) is 131 Å². The molecule has 0 spiro atoms. The third-order valence-electron chi connectivity index (χ3n) is 8.83. The van der Waals surface area contributed by atoms with Gasteiger partial charge in [-0.1, -0.05) is 54.6 Å². The Kier molecular flexibility index (Phi) is 10.3. The summed E-state index contributed by atoms with van der Waals surface area (Å²) in [7, 11) is 0. The smallest absolute Gasteiger partial charge is 0.223 e. The minimum atomic E-state index is -0.920. The van der Waals surface area contributed by atoms with E-state index in [1.165, 1.54) is 18.2 Å². The van der Waals surface area contributed by atoms with Crippen LogP contribution >= 0.6 is 0 Å². The minimum absolute atomic E-state index is 0.00391. The molecule has 1 atom stereocenters. The van der Waals surface area contributed by atoms with Crippen LogP contribution in [0.2, 0.25) is 0 Å². The maximum atomic E-state index is 15.9. The van der Waals surface area contributed by atoms with Crippen LogP contribution in [0.1, 0.15) is 35.4 Å². The van der Waals surface area contributed by atoms with Crippen LogP contribution in [0.25, 0.3) is 0 Å². The standard InChI is InChI=1S/C38H38F2N6O4/c39-29-13-11-26(22-45-24-43-30(31(45)21-36(42)49)19-25-7-3-1-4-8-25)20-34(29)50-33-15-14-32(47)37(40)38(33)46-18-17-44(27-9-5-2-6-10-27)23-28(46)12-16-35(41)48/h1-11,13-15,20,24,28,47H,12,16-19,21-23H2,(H2,41,48)(H2,42,49). The Bertz CT molecular complexity index is 1970. The summed E-state index contributed by atoms with van der Waals surface area (Å²) in [6.07, 6.45) is 2.48. The molecule has 1 aliphatic heterocycles. The molecule has 2 amide bonds. The molecule has 0 saturated carbocycles. The van der Waals surface area contributed by atoms with Crippen LogP contribution in [0.4, 0.5) is 20.2 Å². The highest BCUT2D eigenvalue weighted by molar-refractivity contribution is 5.76. The molecule has 5 N–H and O–H groups in total. The summed E-state index contributed by atoms with van der Waals surface area (Å²) in [5, 5.41) is 10.4. The van der Waals surface area contributed by atoms with Crippen molar-refractivity contribution in [2.24, 2.45) is 11.5 Å². The van der Waals surface area contributed by atoms with Gasteiger partial charge in [-0.2, -0.15) is 0 Å². The maximum Gasteiger partial charge on any atom is 0.223 e. The molecule has 1 saturated heterocycles. The summed E-state index contributed by atoms with van der Waals surface area (Å²) in [5.41, 5.74) is 15.0. The molecule has 1 unspecified atom stereocenters. The predicted molar refractivity (Wildman–Crippen MR) is 186 cm³/mol. The van der Waals surface area contributed by atoms with Crippen LogP contribution in [0, 0.1) is 11.6 Å². The van der Waals surface area contributed by atoms with Gasteiger partial charge in [-0.05, 0) is 53.9 Å². The molecule has 0 bridgehead atoms. The van der Waals surface area contributed by atoms with Crippen LogP contribution in [0.5, 0.6) is 17.2 Å². The van der Waals surface area contributed by atoms with E-state index in [4.69, 9.17) is 16.2 Å². The first-order valence-electron chi connectivity index (χ1n) is 16.3. The second kappa shape index (κ2) is 15.1. The average Bonchev–Trinajstić information content (AvgIpc) is 3.46. The van der Waals surface area contributed by atoms with E-state index in [9.17, 15) is 14.7 Å². The summed E-state index contributed by atoms with van der Waals surface area (Å²) in [6, 6.07) is 26.0. The van der Waals surface area contributed by atoms with E-state index in [2.05, 4.69) is 9.88 Å². The molecule has 50 heavy (non-hydrogen) atoms. The number of phenolic OH excluding ortho intramolecular Hbond substituents is 1. The van der Waals surface area contributed by atoms with Gasteiger partial charge in [0.1, 0.15) is 5.69 Å². The number of amides is 2. The fraction of sp³-hybridized carbons (Fsp3) is 0.237. The second-order valence-corrected chi connectivity index (χ2v) is 12.3. The Morgan fingerprint density at radius 2 is 1.62 bits per heavy atom. The lowest BCUT2D eigenvalue weighted by Crippen LogP contribution is -2.54. The highest BCUT2D eigenvalue weighted by atomic mass is 19.1. The molecule has 5 aromatic rings. The lowest BCUT2D eigenvalue weighted by atomic mass is 10.0. The van der Waals surface area contributed by atoms with Gasteiger partial charge in [0.25, 0.3) is 0 Å². The van der Waals surface area contributed by atoms with Gasteiger partial charge in [0.05, 0.1) is 24.1 Å². The number of nitrogens with zero attached hydrogens (tertiary/aromatic N) is 4. The Morgan fingerprint density at radius 3 is 2.34 bits per heavy atom. The first-order chi connectivity index (χ1) is 24.2. The fourth-order valence-electron chi connectivity index (χ4n) is 6.40. The van der Waals surface area contributed by atoms with Crippen LogP contribution < -0.4 is 26.0 Å². The van der Waals surface area contributed by atoms with Crippen molar-refractivity contribution < 1.29 is 28.2 Å². The van der Waals surface area contributed by atoms with Crippen molar-refractivity contribution in [1.29, 1.82) is 0 Å². The maximum absolute atomic E-state index is 15.9. The molecule has 10 nitrogen and oxygen atoms in total. The number of piperazine rings is 1. The number of hydrogen-bond acceptors (Lipinski definition) is 7. The van der Waals surface area contributed by atoms with Crippen LogP contribution in [-0.2, 0) is 29.0 Å². The summed E-state index contributed by atoms with van der Waals surface area (Å²) in [6.45, 7) is 1.52. The number of hydrogen-bond donors (Lipinski definition) is 3. The predicted octanol–water partition coefficient (Wildman–Crippen LogP) is 5.29. The Morgan fingerprint density at radius 1 is 0.880 bits per heavy atom. The third-order valence-corrected chi connectivity index (χ3v) is 8.83. The zero-order chi connectivity index (χ0) is 35.2. The number of anilines is 2. The van der Waals surface area contributed by atoms with Gasteiger partial charge in [-0.3, -0.25) is 9.59 Å². The minimum Gasteiger partial charge on any atom is -0.505 e. The average molecular weight is 681 g/mol. The molecule has 1 aromatic heterocycles. The normalized spacial score (nSPS) is 14.5. The summed E-state index contributed by atoms with van der Waals surface area (Å²) < 4.78 is 39.1. The zero-order valence-electron chi connectivity index (χ0n) is 27.3. The summed E-state index contributed by atoms with van der Waals surface area (Å²) in [5.74, 6) is -3.35. The second-order valence-electron chi connectivity index (χ2n) is 12.3. The molecule has 258 valence electrons. The number of carbonyl (C=O) groups is 2. The van der Waals surface area contributed by atoms with E-state index in [1.54, 1.807) is 21.9 Å². The number of para-hydroxylation sites is 1. The molecule has 1 fully saturated rings. The van der Waals surface area contributed by atoms with Crippen molar-refractivity contribution in [2.45, 2.75) is 38.3 Å². The molecule has 0 radical (unpaired) electrons. The monoisotopic (exact) mass is 680 g/mol. The lowest BCUT2D eigenvalue weighted by molar-refractivity contribution is -0.118. The highest BCUT2D eigenvalue weighted by Gasteiger charge is 2.33. The van der Waals surface area contributed by atoms with Gasteiger partial charge in [-0.15, -0.1) is 0 Å². The van der Waals surface area contributed by atoms with Gasteiger partial charge in [0, 0.05) is 50.7 Å². The summed E-state index contributed by atoms with van der Waals surface area (Å²) in [4.78, 5) is 32.3. The number of halogens is 2. The molecular formula is C38H38F2N6O4. The number of carbonyl (C=O) groups excluding carboxylic acids is 2. The number of rotatable bonds is 13. The first-order valence-corrected chi connectivity index (χ1v) is 16.3. The number of phenols is 1. The quantitative estimate of drug-likeness (QED) is 0.154. The molecule has 0 aliphatic carbocycles. The SMILES string of the molecule is NC(=O)CCC1CN(c2ccccc2)CCN1c1c(Oc2cc(Cn3cnc(Cc4ccccc4)c3CC(N)=O)ccc2F)ccc(O)c1F. The number of nitrogens with two attached hydrogens (primary N) is 2. The van der Waals surface area contributed by atoms with Crippen molar-refractivity contribution in [3.8, 4) is 17.2 Å². The van der Waals surface area contributed by atoms with Crippen LogP contribution in [0.15, 0.2) is 97.3 Å². The first kappa shape index (κ1) is 34.0. The number of ether oxygens (including phenoxy) is 1. The fourth-order valence-corrected chi connectivity index (χ4v) is 6.40. The van der Waals surface area contributed by atoms with Crippen LogP contribution in [-0.4, -0.2) is 52.1 Å². The van der Waals surface area contributed by atoms with Crippen molar-refractivity contribution in [3.63, 3.8) is 0 Å². The van der Waals surface area contributed by atoms with Crippen molar-refractivity contribution in [2.75, 3.05) is 29.4 Å². The van der Waals surface area contributed by atoms with Gasteiger partial charge >= 0.3 is 0 Å². The molecule has 2 heterocycles. The number of aromatic hydroxyl groups is 1. The number of primary amides is 2. The Balaban J connectivity index is 1.29. The molecule has 12 heteroatoms. The van der Waals surface area contributed by atoms with Crippen molar-refractivity contribution in [1.82, 2.24) is 9.55 Å². The van der Waals surface area contributed by atoms with Gasteiger partial charge in [0.15, 0.2) is 28.9 Å². The van der Waals surface area contributed by atoms with Gasteiger partial charge in [-0.25, -0.2) is 13.8 Å². The molecule has 1 aliphatic rings. The van der Waals surface area contributed by atoms with E-state index in [0.717, 1.165) is 17.3 Å². The Hall–Kier alpha value is -5.91. The molecule has 6 rings (SSSR count). The largest absolute Gasteiger partial charge is 0.505 e. The topological polar surface area (TPSA) is 140 Å².